The molecule has 0 aliphatic rings. The monoisotopic (exact) mass is 406 g/mol. The van der Waals surface area contributed by atoms with Crippen LogP contribution in [-0.4, -0.2) is 20.7 Å². The van der Waals surface area contributed by atoms with Gasteiger partial charge in [-0.15, -0.1) is 0 Å². The fraction of sp³-hybridized carbons (Fsp3) is 0.0769. The number of nitrogens with one attached hydrogen (secondary N) is 2. The molecule has 5 nitrogen and oxygen atoms in total. The summed E-state index contributed by atoms with van der Waals surface area (Å²) >= 11 is 0. The molecule has 2 N–H and O–H groups in total. The Morgan fingerprint density at radius 1 is 0.903 bits per heavy atom. The number of carbonyl (C=O) groups excluding carboxylic acids is 1. The number of fused-ring (bicyclic) bond motifs is 1. The third kappa shape index (κ3) is 3.98. The smallest absolute Gasteiger partial charge is 0.253 e. The van der Waals surface area contributed by atoms with Gasteiger partial charge in [-0.3, -0.25) is 9.48 Å². The lowest BCUT2D eigenvalue weighted by molar-refractivity contribution is 0.0952. The second-order valence-electron chi connectivity index (χ2n) is 7.48. The Labute approximate surface area is 180 Å². The quantitative estimate of drug-likeness (QED) is 0.416. The second kappa shape index (κ2) is 8.32. The Morgan fingerprint density at radius 2 is 1.61 bits per heavy atom. The summed E-state index contributed by atoms with van der Waals surface area (Å²) in [6.07, 6.45) is 3.78. The van der Waals surface area contributed by atoms with E-state index in [1.54, 1.807) is 6.20 Å². The molecule has 0 saturated heterocycles. The van der Waals surface area contributed by atoms with Crippen molar-refractivity contribution in [3.8, 4) is 11.3 Å². The lowest BCUT2D eigenvalue weighted by atomic mass is 10.1. The van der Waals surface area contributed by atoms with E-state index in [0.717, 1.165) is 27.7 Å². The molecule has 2 heterocycles. The molecule has 0 bridgehead atoms. The summed E-state index contributed by atoms with van der Waals surface area (Å²) in [7, 11) is 0. The topological polar surface area (TPSA) is 62.7 Å². The first-order valence-electron chi connectivity index (χ1n) is 10.3. The number of H-pyrrole nitrogens is 1. The van der Waals surface area contributed by atoms with Crippen LogP contribution in [0.5, 0.6) is 0 Å². The summed E-state index contributed by atoms with van der Waals surface area (Å²) < 4.78 is 1.94. The van der Waals surface area contributed by atoms with Crippen LogP contribution in [0.4, 0.5) is 0 Å². The van der Waals surface area contributed by atoms with Gasteiger partial charge in [-0.25, -0.2) is 0 Å². The Bertz CT molecular complexity index is 1320. The molecule has 5 aromatic rings. The van der Waals surface area contributed by atoms with Crippen molar-refractivity contribution >= 4 is 16.8 Å². The first-order chi connectivity index (χ1) is 15.3. The zero-order valence-corrected chi connectivity index (χ0v) is 17.0. The van der Waals surface area contributed by atoms with Gasteiger partial charge in [0.15, 0.2) is 0 Å². The van der Waals surface area contributed by atoms with Crippen LogP contribution in [-0.2, 0) is 13.1 Å². The molecule has 1 amide bonds. The molecule has 5 rings (SSSR count). The number of aromatic amines is 1. The molecule has 3 aromatic carbocycles. The van der Waals surface area contributed by atoms with Gasteiger partial charge < -0.3 is 10.3 Å². The van der Waals surface area contributed by atoms with E-state index >= 15 is 0 Å². The lowest BCUT2D eigenvalue weighted by Crippen LogP contribution is -2.22. The van der Waals surface area contributed by atoms with Gasteiger partial charge in [-0.1, -0.05) is 78.9 Å². The molecule has 5 heteroatoms. The molecule has 0 aliphatic carbocycles. The summed E-state index contributed by atoms with van der Waals surface area (Å²) in [6, 6.07) is 28.1. The van der Waals surface area contributed by atoms with Crippen LogP contribution in [0.2, 0.25) is 0 Å². The zero-order valence-electron chi connectivity index (χ0n) is 17.0. The average Bonchev–Trinajstić information content (AvgIpc) is 3.43. The minimum atomic E-state index is -0.104. The third-order valence-corrected chi connectivity index (χ3v) is 5.35. The number of hydrogen-bond donors (Lipinski definition) is 2. The summed E-state index contributed by atoms with van der Waals surface area (Å²) in [5.41, 5.74) is 5.68. The second-order valence-corrected chi connectivity index (χ2v) is 7.48. The molecule has 0 spiro atoms. The van der Waals surface area contributed by atoms with Crippen molar-refractivity contribution in [1.82, 2.24) is 20.1 Å². The van der Waals surface area contributed by atoms with Crippen molar-refractivity contribution in [2.45, 2.75) is 13.1 Å². The Hall–Kier alpha value is -4.12. The average molecular weight is 406 g/mol. The Kier molecular flexibility index (Phi) is 5.07. The summed E-state index contributed by atoms with van der Waals surface area (Å²) in [6.45, 7) is 1.08. The highest BCUT2D eigenvalue weighted by atomic mass is 16.1. The van der Waals surface area contributed by atoms with Gasteiger partial charge in [-0.05, 0) is 11.6 Å². The molecule has 0 atom stereocenters. The molecule has 152 valence electrons. The van der Waals surface area contributed by atoms with Crippen molar-refractivity contribution in [2.75, 3.05) is 0 Å². The van der Waals surface area contributed by atoms with Crippen LogP contribution in [0.15, 0.2) is 97.3 Å². The first kappa shape index (κ1) is 18.9. The number of benzene rings is 3. The maximum Gasteiger partial charge on any atom is 0.253 e. The van der Waals surface area contributed by atoms with E-state index in [1.807, 2.05) is 83.7 Å². The normalized spacial score (nSPS) is 11.0. The molecule has 2 aromatic heterocycles. The van der Waals surface area contributed by atoms with Crippen LogP contribution in [0.25, 0.3) is 22.2 Å². The van der Waals surface area contributed by atoms with E-state index < -0.39 is 0 Å². The summed E-state index contributed by atoms with van der Waals surface area (Å²) in [4.78, 5) is 16.0. The van der Waals surface area contributed by atoms with Gasteiger partial charge in [0, 0.05) is 41.0 Å². The highest BCUT2D eigenvalue weighted by Crippen LogP contribution is 2.23. The number of nitrogens with zero attached hydrogens (tertiary/aromatic N) is 2. The van der Waals surface area contributed by atoms with Crippen LogP contribution in [0.1, 0.15) is 21.5 Å². The molecule has 0 unspecified atom stereocenters. The van der Waals surface area contributed by atoms with Gasteiger partial charge in [0.05, 0.1) is 17.8 Å². The van der Waals surface area contributed by atoms with E-state index in [0.29, 0.717) is 18.7 Å². The molecule has 0 fully saturated rings. The standard InChI is InChI=1S/C26H22N4O/c31-26(23-16-27-24-14-8-7-13-22(23)24)28-15-21-18-30(17-19-9-3-1-4-10-19)29-25(21)20-11-5-2-6-12-20/h1-14,16,18,27H,15,17H2,(H,28,31). The summed E-state index contributed by atoms with van der Waals surface area (Å²) in [5.74, 6) is -0.104. The zero-order chi connectivity index (χ0) is 21.0. The predicted molar refractivity (Wildman–Crippen MR) is 123 cm³/mol. The van der Waals surface area contributed by atoms with Crippen molar-refractivity contribution in [1.29, 1.82) is 0 Å². The highest BCUT2D eigenvalue weighted by molar-refractivity contribution is 6.06. The van der Waals surface area contributed by atoms with Crippen LogP contribution in [0.3, 0.4) is 0 Å². The van der Waals surface area contributed by atoms with Crippen molar-refractivity contribution in [3.63, 3.8) is 0 Å². The Balaban J connectivity index is 1.41. The minimum absolute atomic E-state index is 0.104. The fourth-order valence-corrected chi connectivity index (χ4v) is 3.81. The van der Waals surface area contributed by atoms with Crippen LogP contribution >= 0.6 is 0 Å². The molecule has 0 aliphatic heterocycles. The number of para-hydroxylation sites is 1. The molecule has 0 radical (unpaired) electrons. The van der Waals surface area contributed by atoms with E-state index in [4.69, 9.17) is 5.10 Å². The Morgan fingerprint density at radius 3 is 2.42 bits per heavy atom. The molecular formula is C26H22N4O. The van der Waals surface area contributed by atoms with Gasteiger partial charge in [0.25, 0.3) is 5.91 Å². The van der Waals surface area contributed by atoms with E-state index in [2.05, 4.69) is 22.4 Å². The fourth-order valence-electron chi connectivity index (χ4n) is 3.81. The van der Waals surface area contributed by atoms with E-state index in [-0.39, 0.29) is 5.91 Å². The van der Waals surface area contributed by atoms with E-state index in [9.17, 15) is 4.79 Å². The maximum absolute atomic E-state index is 12.9. The minimum Gasteiger partial charge on any atom is -0.360 e. The maximum atomic E-state index is 12.9. The SMILES string of the molecule is O=C(NCc1cn(Cc2ccccc2)nc1-c1ccccc1)c1c[nH]c2ccccc12. The van der Waals surface area contributed by atoms with Crippen LogP contribution < -0.4 is 5.32 Å². The lowest BCUT2D eigenvalue weighted by Gasteiger charge is -2.05. The third-order valence-electron chi connectivity index (χ3n) is 5.35. The largest absolute Gasteiger partial charge is 0.360 e. The van der Waals surface area contributed by atoms with Crippen molar-refractivity contribution in [3.05, 3.63) is 114 Å². The molecule has 31 heavy (non-hydrogen) atoms. The number of carbonyl (C=O) groups is 1. The van der Waals surface area contributed by atoms with Gasteiger partial charge in [0.2, 0.25) is 0 Å². The number of rotatable bonds is 6. The van der Waals surface area contributed by atoms with Crippen LogP contribution in [0, 0.1) is 0 Å². The van der Waals surface area contributed by atoms with Gasteiger partial charge in [-0.2, -0.15) is 5.10 Å². The summed E-state index contributed by atoms with van der Waals surface area (Å²) in [5, 5.41) is 8.81. The first-order valence-corrected chi connectivity index (χ1v) is 10.3. The predicted octanol–water partition coefficient (Wildman–Crippen LogP) is 5.01. The van der Waals surface area contributed by atoms with Gasteiger partial charge in [0.1, 0.15) is 0 Å². The number of amides is 1. The molecule has 0 saturated carbocycles. The van der Waals surface area contributed by atoms with Gasteiger partial charge >= 0.3 is 0 Å². The highest BCUT2D eigenvalue weighted by Gasteiger charge is 2.15. The molecular weight excluding hydrogens is 384 g/mol. The number of hydrogen-bond acceptors (Lipinski definition) is 2. The number of aromatic nitrogens is 3. The van der Waals surface area contributed by atoms with Crippen molar-refractivity contribution in [2.24, 2.45) is 0 Å². The van der Waals surface area contributed by atoms with Crippen molar-refractivity contribution < 1.29 is 4.79 Å². The van der Waals surface area contributed by atoms with E-state index in [1.165, 1.54) is 5.56 Å².